The minimum absolute atomic E-state index is 0.957. The summed E-state index contributed by atoms with van der Waals surface area (Å²) in [5.74, 6) is 0.957. The lowest BCUT2D eigenvalue weighted by atomic mass is 9.83. The van der Waals surface area contributed by atoms with Crippen LogP contribution in [0.2, 0.25) is 0 Å². The van der Waals surface area contributed by atoms with E-state index in [4.69, 9.17) is 0 Å². The van der Waals surface area contributed by atoms with Crippen LogP contribution in [0, 0.1) is 5.92 Å². The first-order valence-electron chi connectivity index (χ1n) is 5.66. The number of fused-ring (bicyclic) bond motifs is 1. The van der Waals surface area contributed by atoms with Crippen molar-refractivity contribution in [2.75, 3.05) is 25.5 Å². The summed E-state index contributed by atoms with van der Waals surface area (Å²) < 4.78 is 1.39. The third kappa shape index (κ3) is 1.80. The summed E-state index contributed by atoms with van der Waals surface area (Å²) in [7, 11) is 2.48. The molecule has 2 aliphatic rings. The molecule has 2 heteroatoms. The van der Waals surface area contributed by atoms with Crippen LogP contribution in [0.1, 0.15) is 32.1 Å². The highest BCUT2D eigenvalue weighted by Crippen LogP contribution is 2.36. The van der Waals surface area contributed by atoms with Gasteiger partial charge in [0, 0.05) is 11.2 Å². The zero-order chi connectivity index (χ0) is 9.31. The minimum atomic E-state index is 0.957. The number of rotatable bonds is 1. The fourth-order valence-electron chi connectivity index (χ4n) is 3.41. The van der Waals surface area contributed by atoms with Gasteiger partial charge in [-0.05, 0) is 32.1 Å². The Labute approximate surface area is 90.2 Å². The molecule has 0 aromatic heterocycles. The second kappa shape index (κ2) is 3.90. The molecule has 0 aromatic carbocycles. The summed E-state index contributed by atoms with van der Waals surface area (Å²) >= 11 is 3.69. The zero-order valence-electron chi connectivity index (χ0n) is 8.64. The van der Waals surface area contributed by atoms with Gasteiger partial charge in [-0.25, -0.2) is 0 Å². The van der Waals surface area contributed by atoms with Crippen LogP contribution < -0.4 is 0 Å². The van der Waals surface area contributed by atoms with Crippen LogP contribution in [0.15, 0.2) is 0 Å². The summed E-state index contributed by atoms with van der Waals surface area (Å²) in [5, 5.41) is 1.23. The molecule has 76 valence electrons. The molecule has 0 radical (unpaired) electrons. The van der Waals surface area contributed by atoms with Crippen molar-refractivity contribution >= 4 is 15.9 Å². The molecule has 0 saturated carbocycles. The molecule has 1 nitrogen and oxygen atoms in total. The molecular formula is C11H21BrN+. The lowest BCUT2D eigenvalue weighted by Crippen LogP contribution is -2.61. The second-order valence-electron chi connectivity index (χ2n) is 5.05. The number of hydrogen-bond acceptors (Lipinski definition) is 0. The van der Waals surface area contributed by atoms with Gasteiger partial charge in [-0.3, -0.25) is 0 Å². The van der Waals surface area contributed by atoms with Crippen molar-refractivity contribution in [3.8, 4) is 0 Å². The molecule has 0 aliphatic carbocycles. The van der Waals surface area contributed by atoms with Crippen LogP contribution in [0.3, 0.4) is 0 Å². The Balaban J connectivity index is 2.11. The Bertz CT molecular complexity index is 179. The predicted molar refractivity (Wildman–Crippen MR) is 60.1 cm³/mol. The predicted octanol–water partition coefficient (Wildman–Crippen LogP) is 2.79. The lowest BCUT2D eigenvalue weighted by Gasteiger charge is -2.51. The molecule has 0 N–H and O–H groups in total. The highest BCUT2D eigenvalue weighted by Gasteiger charge is 2.42. The van der Waals surface area contributed by atoms with Gasteiger partial charge in [0.15, 0.2) is 0 Å². The molecule has 0 spiro atoms. The van der Waals surface area contributed by atoms with Gasteiger partial charge in [-0.2, -0.15) is 0 Å². The second-order valence-corrected chi connectivity index (χ2v) is 5.69. The standard InChI is InChI=1S/C11H21BrN/c1-13-7-3-2-6-11(13)10(9-12)5-4-8-13/h10-11H,2-9H2,1H3/q+1/t10-,11+,13-/m0/s1. The summed E-state index contributed by atoms with van der Waals surface area (Å²) in [6, 6.07) is 0.974. The third-order valence-electron chi connectivity index (χ3n) is 4.21. The molecule has 2 aliphatic heterocycles. The Kier molecular flexibility index (Phi) is 2.99. The van der Waals surface area contributed by atoms with Crippen LogP contribution in [0.4, 0.5) is 0 Å². The molecule has 0 aromatic rings. The van der Waals surface area contributed by atoms with Crippen LogP contribution in [0.25, 0.3) is 0 Å². The average molecular weight is 247 g/mol. The molecule has 0 amide bonds. The molecular weight excluding hydrogens is 226 g/mol. The van der Waals surface area contributed by atoms with Crippen molar-refractivity contribution in [2.24, 2.45) is 5.92 Å². The lowest BCUT2D eigenvalue weighted by molar-refractivity contribution is -0.946. The van der Waals surface area contributed by atoms with Crippen LogP contribution in [0.5, 0.6) is 0 Å². The van der Waals surface area contributed by atoms with E-state index >= 15 is 0 Å². The van der Waals surface area contributed by atoms with E-state index in [0.29, 0.717) is 0 Å². The van der Waals surface area contributed by atoms with Crippen molar-refractivity contribution < 1.29 is 4.48 Å². The van der Waals surface area contributed by atoms with Gasteiger partial charge >= 0.3 is 0 Å². The van der Waals surface area contributed by atoms with E-state index in [-0.39, 0.29) is 0 Å². The molecule has 3 atom stereocenters. The fourth-order valence-corrected chi connectivity index (χ4v) is 4.17. The summed E-state index contributed by atoms with van der Waals surface area (Å²) in [6.07, 6.45) is 7.32. The van der Waals surface area contributed by atoms with Gasteiger partial charge in [0.1, 0.15) is 0 Å². The summed E-state index contributed by atoms with van der Waals surface area (Å²) in [4.78, 5) is 0. The van der Waals surface area contributed by atoms with Gasteiger partial charge in [-0.15, -0.1) is 0 Å². The quantitative estimate of drug-likeness (QED) is 0.493. The first kappa shape index (κ1) is 9.97. The van der Waals surface area contributed by atoms with Gasteiger partial charge in [-0.1, -0.05) is 15.9 Å². The molecule has 0 unspecified atom stereocenters. The first-order valence-corrected chi connectivity index (χ1v) is 6.78. The summed E-state index contributed by atoms with van der Waals surface area (Å²) in [6.45, 7) is 2.88. The van der Waals surface area contributed by atoms with Crippen molar-refractivity contribution in [2.45, 2.75) is 38.1 Å². The number of quaternary nitrogens is 1. The van der Waals surface area contributed by atoms with Crippen molar-refractivity contribution in [1.82, 2.24) is 0 Å². The SMILES string of the molecule is C[N@@+]12CCCC[C@@H]1[C@H](CBr)CCC2. The van der Waals surface area contributed by atoms with Gasteiger partial charge in [0.05, 0.1) is 26.2 Å². The average Bonchev–Trinajstić information content (AvgIpc) is 2.15. The Morgan fingerprint density at radius 1 is 1.15 bits per heavy atom. The molecule has 2 fully saturated rings. The fraction of sp³-hybridized carbons (Fsp3) is 1.00. The maximum atomic E-state index is 3.69. The van der Waals surface area contributed by atoms with E-state index in [1.807, 2.05) is 0 Å². The van der Waals surface area contributed by atoms with E-state index in [1.165, 1.54) is 55.0 Å². The number of nitrogens with zero attached hydrogens (tertiary/aromatic N) is 1. The maximum Gasteiger partial charge on any atom is 0.0924 e. The minimum Gasteiger partial charge on any atom is -0.323 e. The van der Waals surface area contributed by atoms with E-state index in [1.54, 1.807) is 0 Å². The third-order valence-corrected chi connectivity index (χ3v) is 5.04. The first-order chi connectivity index (χ1) is 6.26. The highest BCUT2D eigenvalue weighted by molar-refractivity contribution is 9.09. The Morgan fingerprint density at radius 2 is 1.92 bits per heavy atom. The maximum absolute atomic E-state index is 3.69. The topological polar surface area (TPSA) is 0 Å². The smallest absolute Gasteiger partial charge is 0.0924 e. The highest BCUT2D eigenvalue weighted by atomic mass is 79.9. The molecule has 13 heavy (non-hydrogen) atoms. The van der Waals surface area contributed by atoms with Crippen LogP contribution in [-0.4, -0.2) is 36.0 Å². The Morgan fingerprint density at radius 3 is 2.69 bits per heavy atom. The Hall–Kier alpha value is 0.440. The van der Waals surface area contributed by atoms with Gasteiger partial charge in [0.25, 0.3) is 0 Å². The van der Waals surface area contributed by atoms with E-state index in [9.17, 15) is 0 Å². The van der Waals surface area contributed by atoms with Gasteiger partial charge < -0.3 is 4.48 Å². The summed E-state index contributed by atoms with van der Waals surface area (Å²) in [5.41, 5.74) is 0. The van der Waals surface area contributed by atoms with Crippen LogP contribution in [-0.2, 0) is 0 Å². The molecule has 2 rings (SSSR count). The van der Waals surface area contributed by atoms with Crippen molar-refractivity contribution in [3.05, 3.63) is 0 Å². The molecule has 2 saturated heterocycles. The monoisotopic (exact) mass is 246 g/mol. The zero-order valence-corrected chi connectivity index (χ0v) is 10.2. The van der Waals surface area contributed by atoms with E-state index in [0.717, 1.165) is 12.0 Å². The van der Waals surface area contributed by atoms with Crippen molar-refractivity contribution in [3.63, 3.8) is 0 Å². The number of piperidine rings is 2. The number of halogens is 1. The van der Waals surface area contributed by atoms with E-state index < -0.39 is 0 Å². The van der Waals surface area contributed by atoms with Crippen molar-refractivity contribution in [1.29, 1.82) is 0 Å². The molecule has 0 bridgehead atoms. The number of hydrogen-bond donors (Lipinski definition) is 0. The van der Waals surface area contributed by atoms with E-state index in [2.05, 4.69) is 23.0 Å². The van der Waals surface area contributed by atoms with Crippen LogP contribution >= 0.6 is 15.9 Å². The molecule has 2 heterocycles. The normalized spacial score (nSPS) is 45.7. The largest absolute Gasteiger partial charge is 0.323 e. The number of alkyl halides is 1. The van der Waals surface area contributed by atoms with Gasteiger partial charge in [0.2, 0.25) is 0 Å².